The number of alkyl halides is 3. The van der Waals surface area contributed by atoms with E-state index in [2.05, 4.69) is 45.7 Å². The number of benzene rings is 2. The number of aryl methyl sites for hydroxylation is 2. The van der Waals surface area contributed by atoms with Gasteiger partial charge in [-0.3, -0.25) is 43.5 Å². The molecule has 0 radical (unpaired) electrons. The minimum absolute atomic E-state index is 0.00958. The van der Waals surface area contributed by atoms with Gasteiger partial charge in [0.1, 0.15) is 23.5 Å². The van der Waals surface area contributed by atoms with Gasteiger partial charge < -0.3 is 26.2 Å². The lowest BCUT2D eigenvalue weighted by atomic mass is 9.92. The number of amides is 3. The van der Waals surface area contributed by atoms with Crippen LogP contribution in [0, 0.1) is 0 Å². The minimum atomic E-state index is -4.54. The van der Waals surface area contributed by atoms with Crippen molar-refractivity contribution >= 4 is 62.5 Å². The van der Waals surface area contributed by atoms with E-state index in [9.17, 15) is 32.3 Å². The van der Waals surface area contributed by atoms with Gasteiger partial charge in [0.2, 0.25) is 17.7 Å². The molecular weight excluding hydrogens is 844 g/mol. The van der Waals surface area contributed by atoms with E-state index in [1.54, 1.807) is 24.7 Å². The average molecular weight is 900 g/mol. The van der Waals surface area contributed by atoms with Crippen LogP contribution >= 0.6 is 0 Å². The second kappa shape index (κ2) is 19.1. The van der Waals surface area contributed by atoms with Gasteiger partial charge in [0.15, 0.2) is 0 Å². The number of nitrogens with zero attached hydrogens (tertiary/aromatic N) is 9. The van der Waals surface area contributed by atoms with E-state index in [1.165, 1.54) is 17.0 Å². The van der Waals surface area contributed by atoms with Crippen LogP contribution < -0.4 is 32.1 Å². The van der Waals surface area contributed by atoms with E-state index in [1.807, 2.05) is 30.1 Å². The van der Waals surface area contributed by atoms with Gasteiger partial charge in [-0.25, -0.2) is 9.97 Å². The number of imide groups is 1. The van der Waals surface area contributed by atoms with E-state index < -0.39 is 23.7 Å². The van der Waals surface area contributed by atoms with Crippen molar-refractivity contribution in [2.24, 2.45) is 14.1 Å². The van der Waals surface area contributed by atoms with Crippen molar-refractivity contribution in [1.29, 1.82) is 0 Å². The largest absolute Gasteiger partial charge is 0.416 e. The van der Waals surface area contributed by atoms with E-state index in [-0.39, 0.29) is 41.9 Å². The number of carbonyl (C=O) groups excluding carboxylic acids is 3. The number of aromatic nitrogens is 5. The fraction of sp³-hybridized carbons (Fsp3) is 0.489. The molecule has 17 nitrogen and oxygen atoms in total. The maximum Gasteiger partial charge on any atom is 0.416 e. The van der Waals surface area contributed by atoms with Crippen molar-refractivity contribution < 1.29 is 27.6 Å². The molecule has 1 unspecified atom stereocenters. The molecule has 0 bridgehead atoms. The minimum Gasteiger partial charge on any atom is -0.399 e. The van der Waals surface area contributed by atoms with E-state index in [0.717, 1.165) is 87.3 Å². The van der Waals surface area contributed by atoms with Crippen LogP contribution in [0.15, 0.2) is 53.6 Å². The number of hydrogen-bond donors (Lipinski definition) is 4. The second-order valence-corrected chi connectivity index (χ2v) is 17.3. The van der Waals surface area contributed by atoms with Crippen molar-refractivity contribution in [1.82, 2.24) is 44.3 Å². The molecule has 3 aliphatic heterocycles. The van der Waals surface area contributed by atoms with Gasteiger partial charge in [0.25, 0.3) is 5.56 Å². The van der Waals surface area contributed by atoms with Gasteiger partial charge >= 0.3 is 6.18 Å². The maximum atomic E-state index is 13.6. The summed E-state index contributed by atoms with van der Waals surface area (Å²) in [6.45, 7) is 9.73. The Labute approximate surface area is 374 Å². The third-order valence-corrected chi connectivity index (χ3v) is 12.9. The molecule has 20 heteroatoms. The molecule has 5 N–H and O–H groups in total. The first-order valence-corrected chi connectivity index (χ1v) is 22.2. The number of halogens is 3. The standard InChI is InChI=1S/C45H56F3N13O4/c1-28(29-22-30(45(46,47)48)24-31(49)23-29)53-41-34-25-36(44(65)56(2)42(34)52-27-51-41)60-18-14-58(15-19-60)12-5-4-6-13-59-16-20-61(21-17-59)38(63)26-50-35-9-7-8-32-39(55-57(3)40(32)35)33-10-11-37(62)54-43(33)64/h7-9,22-25,27-28,33,50H,4-6,10-21,26,49H2,1-3H3,(H,51,52,53)(H,54,62,64)/t28-,33?/m1/s1. The lowest BCUT2D eigenvalue weighted by molar-refractivity contribution is -0.138. The van der Waals surface area contributed by atoms with E-state index in [0.29, 0.717) is 66.4 Å². The predicted molar refractivity (Wildman–Crippen MR) is 243 cm³/mol. The van der Waals surface area contributed by atoms with Gasteiger partial charge in [-0.05, 0) is 75.2 Å². The third-order valence-electron chi connectivity index (χ3n) is 12.9. The number of nitrogens with two attached hydrogens (primary N) is 1. The summed E-state index contributed by atoms with van der Waals surface area (Å²) in [5.74, 6) is -0.672. The van der Waals surface area contributed by atoms with Crippen LogP contribution in [0.3, 0.4) is 0 Å². The number of fused-ring (bicyclic) bond motifs is 2. The van der Waals surface area contributed by atoms with Crippen molar-refractivity contribution in [2.45, 2.75) is 57.2 Å². The van der Waals surface area contributed by atoms with Crippen molar-refractivity contribution in [3.63, 3.8) is 0 Å². The third kappa shape index (κ3) is 10.0. The first-order valence-electron chi connectivity index (χ1n) is 22.2. The topological polar surface area (TPSA) is 192 Å². The first kappa shape index (κ1) is 45.3. The van der Waals surface area contributed by atoms with Crippen LogP contribution in [0.5, 0.6) is 0 Å². The lowest BCUT2D eigenvalue weighted by Gasteiger charge is -2.36. The summed E-state index contributed by atoms with van der Waals surface area (Å²) in [6.07, 6.45) is 0.685. The van der Waals surface area contributed by atoms with E-state index >= 15 is 0 Å². The van der Waals surface area contributed by atoms with Gasteiger partial charge in [-0.2, -0.15) is 18.3 Å². The summed E-state index contributed by atoms with van der Waals surface area (Å²) in [4.78, 5) is 68.7. The molecule has 3 saturated heterocycles. The summed E-state index contributed by atoms with van der Waals surface area (Å²) in [6, 6.07) is 10.4. The van der Waals surface area contributed by atoms with Crippen molar-refractivity contribution in [2.75, 3.05) is 93.3 Å². The molecule has 3 aromatic heterocycles. The van der Waals surface area contributed by atoms with Crippen LogP contribution in [-0.4, -0.2) is 129 Å². The van der Waals surface area contributed by atoms with Crippen LogP contribution in [-0.2, 0) is 34.7 Å². The highest BCUT2D eigenvalue weighted by Crippen LogP contribution is 2.35. The molecule has 0 saturated carbocycles. The smallest absolute Gasteiger partial charge is 0.399 e. The molecule has 346 valence electrons. The Balaban J connectivity index is 0.763. The number of para-hydroxylation sites is 1. The van der Waals surface area contributed by atoms with E-state index in [4.69, 9.17) is 5.73 Å². The number of anilines is 4. The summed E-state index contributed by atoms with van der Waals surface area (Å²) < 4.78 is 43.8. The quantitative estimate of drug-likeness (QED) is 0.0710. The van der Waals surface area contributed by atoms with Crippen molar-refractivity contribution in [3.05, 3.63) is 76.0 Å². The molecule has 3 aliphatic rings. The number of rotatable bonds is 14. The number of pyridine rings is 1. The number of hydrogen-bond acceptors (Lipinski definition) is 13. The number of nitrogen functional groups attached to an aromatic ring is 1. The molecule has 0 spiro atoms. The Hall–Kier alpha value is -6.28. The lowest BCUT2D eigenvalue weighted by Crippen LogP contribution is -2.50. The van der Waals surface area contributed by atoms with Crippen LogP contribution in [0.4, 0.5) is 36.1 Å². The zero-order valence-corrected chi connectivity index (χ0v) is 37.0. The molecule has 3 fully saturated rings. The number of piperazine rings is 2. The SMILES string of the molecule is C[C@@H](Nc1ncnc2c1cc(N1CCN(CCCCCN3CCN(C(=O)CNc4cccc5c(C6CCC(=O)NC6=O)nn(C)c45)CC3)CC1)c(=O)n2C)c1cc(N)cc(C(F)(F)F)c1. The zero-order valence-electron chi connectivity index (χ0n) is 37.0. The number of unbranched alkanes of at least 4 members (excludes halogenated alkanes) is 2. The molecule has 65 heavy (non-hydrogen) atoms. The maximum absolute atomic E-state index is 13.6. The first-order chi connectivity index (χ1) is 31.1. The van der Waals surface area contributed by atoms with Crippen LogP contribution in [0.2, 0.25) is 0 Å². The Morgan fingerprint density at radius 3 is 2.31 bits per heavy atom. The molecule has 0 aliphatic carbocycles. The van der Waals surface area contributed by atoms with Crippen LogP contribution in [0.25, 0.3) is 21.9 Å². The molecule has 2 atom stereocenters. The predicted octanol–water partition coefficient (Wildman–Crippen LogP) is 4.06. The highest BCUT2D eigenvalue weighted by molar-refractivity contribution is 6.03. The molecular formula is C45H56F3N13O4. The highest BCUT2D eigenvalue weighted by atomic mass is 19.4. The normalized spacial score (nSPS) is 18.3. The molecule has 8 rings (SSSR count). The van der Waals surface area contributed by atoms with Gasteiger partial charge in [0, 0.05) is 83.9 Å². The Kier molecular flexibility index (Phi) is 13.3. The highest BCUT2D eigenvalue weighted by Gasteiger charge is 2.33. The molecule has 6 heterocycles. The summed E-state index contributed by atoms with van der Waals surface area (Å²) in [5.41, 5.74) is 8.32. The second-order valence-electron chi connectivity index (χ2n) is 17.3. The summed E-state index contributed by atoms with van der Waals surface area (Å²) >= 11 is 0. The average Bonchev–Trinajstić information content (AvgIpc) is 3.62. The fourth-order valence-corrected chi connectivity index (χ4v) is 9.26. The van der Waals surface area contributed by atoms with Crippen LogP contribution in [0.1, 0.15) is 67.8 Å². The van der Waals surface area contributed by atoms with Crippen molar-refractivity contribution in [3.8, 4) is 0 Å². The monoisotopic (exact) mass is 899 g/mol. The van der Waals surface area contributed by atoms with Gasteiger partial charge in [-0.1, -0.05) is 18.6 Å². The molecule has 5 aromatic rings. The summed E-state index contributed by atoms with van der Waals surface area (Å²) in [5, 5.41) is 15.0. The zero-order chi connectivity index (χ0) is 46.0. The number of piperidine rings is 1. The number of nitrogens with one attached hydrogen (secondary N) is 3. The fourth-order valence-electron chi connectivity index (χ4n) is 9.26. The molecule has 3 amide bonds. The Bertz CT molecular complexity index is 2630. The summed E-state index contributed by atoms with van der Waals surface area (Å²) in [7, 11) is 3.47. The van der Waals surface area contributed by atoms with Gasteiger partial charge in [0.05, 0.1) is 46.4 Å². The Morgan fingerprint density at radius 1 is 0.908 bits per heavy atom. The van der Waals surface area contributed by atoms with Gasteiger partial charge in [-0.15, -0.1) is 0 Å². The Morgan fingerprint density at radius 2 is 1.62 bits per heavy atom. The molecule has 2 aromatic carbocycles. The number of carbonyl (C=O) groups is 3.